The van der Waals surface area contributed by atoms with Crippen LogP contribution in [-0.2, 0) is 4.74 Å². The summed E-state index contributed by atoms with van der Waals surface area (Å²) in [6.07, 6.45) is 17.8. The van der Waals surface area contributed by atoms with E-state index in [-0.39, 0.29) is 43.6 Å². The maximum absolute atomic E-state index is 15.6. The van der Waals surface area contributed by atoms with Gasteiger partial charge < -0.3 is 14.9 Å². The molecular weight excluding hydrogens is 585 g/mol. The Morgan fingerprint density at radius 2 is 1.35 bits per heavy atom. The molecule has 0 amide bonds. The van der Waals surface area contributed by atoms with Crippen molar-refractivity contribution >= 4 is 25.2 Å². The molecule has 0 saturated heterocycles. The second kappa shape index (κ2) is 11.1. The van der Waals surface area contributed by atoms with Crippen molar-refractivity contribution in [2.75, 3.05) is 4.43 Å². The summed E-state index contributed by atoms with van der Waals surface area (Å²) in [5.41, 5.74) is -0.336. The molecule has 3 nitrogen and oxygen atoms in total. The zero-order chi connectivity index (χ0) is 27.5. The fourth-order valence-electron chi connectivity index (χ4n) is 4.68. The van der Waals surface area contributed by atoms with Crippen LogP contribution in [-0.4, -0.2) is 25.3 Å². The molecular formula is C31H37F2IO3. The Labute approximate surface area is 229 Å². The van der Waals surface area contributed by atoms with Crippen LogP contribution < -0.4 is 0 Å². The molecule has 3 aliphatic rings. The molecule has 0 aliphatic heterocycles. The SMILES string of the molecule is C=ICCCC1(C)C=C(O)C=CC(OC(F)(F)C2=CC(C)(C)C=C(C3=CC(C)(C)C=C(O)C=C3)C=C2)=C1. The van der Waals surface area contributed by atoms with Crippen molar-refractivity contribution in [1.29, 1.82) is 0 Å². The van der Waals surface area contributed by atoms with Gasteiger partial charge in [0.05, 0.1) is 5.57 Å². The largest absolute Gasteiger partial charge is 0.508 e. The van der Waals surface area contributed by atoms with Crippen LogP contribution >= 0.6 is 20.7 Å². The lowest BCUT2D eigenvalue weighted by molar-refractivity contribution is -0.177. The highest BCUT2D eigenvalue weighted by atomic mass is 127. The molecule has 0 saturated carbocycles. The Bertz CT molecular complexity index is 1200. The first-order chi connectivity index (χ1) is 17.1. The molecule has 0 aromatic heterocycles. The minimum Gasteiger partial charge on any atom is -0.508 e. The van der Waals surface area contributed by atoms with Crippen molar-refractivity contribution in [3.63, 3.8) is 0 Å². The number of rotatable bonds is 8. The van der Waals surface area contributed by atoms with Crippen LogP contribution in [0.4, 0.5) is 8.78 Å². The summed E-state index contributed by atoms with van der Waals surface area (Å²) in [5.74, 6) is 0.207. The Balaban J connectivity index is 1.90. The summed E-state index contributed by atoms with van der Waals surface area (Å²) in [6.45, 7) is 9.59. The van der Waals surface area contributed by atoms with Crippen molar-refractivity contribution in [2.24, 2.45) is 16.2 Å². The highest BCUT2D eigenvalue weighted by molar-refractivity contribution is 14.2. The standard InChI is InChI=1S/C31H37F2IO3/c1-28(2)16-22(23-9-11-25(35)19-29(3,4)17-23)8-10-24(18-28)31(32,33)37-27-13-12-26(36)20-30(5,21-27)14-7-15-34-6/h8-13,16-21,35-36H,6-7,14-15H2,1-5H3. The number of allylic oxidation sites excluding steroid dienone is 13. The van der Waals surface area contributed by atoms with Gasteiger partial charge in [-0.3, -0.25) is 0 Å². The van der Waals surface area contributed by atoms with Gasteiger partial charge in [0, 0.05) is 16.2 Å². The lowest BCUT2D eigenvalue weighted by Crippen LogP contribution is -2.24. The van der Waals surface area contributed by atoms with Gasteiger partial charge in [-0.05, 0) is 70.9 Å². The lowest BCUT2D eigenvalue weighted by Gasteiger charge is -2.25. The highest BCUT2D eigenvalue weighted by Gasteiger charge is 2.39. The summed E-state index contributed by atoms with van der Waals surface area (Å²) < 4.78 is 41.6. The summed E-state index contributed by atoms with van der Waals surface area (Å²) in [5, 5.41) is 20.3. The van der Waals surface area contributed by atoms with E-state index in [1.165, 1.54) is 24.3 Å². The van der Waals surface area contributed by atoms with E-state index in [9.17, 15) is 10.2 Å². The Hall–Kier alpha value is -2.48. The van der Waals surface area contributed by atoms with Crippen molar-refractivity contribution in [2.45, 2.75) is 53.6 Å². The maximum Gasteiger partial charge on any atom is 0.426 e. The molecule has 1 unspecified atom stereocenters. The summed E-state index contributed by atoms with van der Waals surface area (Å²) in [6, 6.07) is 0. The van der Waals surface area contributed by atoms with E-state index >= 15 is 8.78 Å². The third kappa shape index (κ3) is 8.25. The lowest BCUT2D eigenvalue weighted by atomic mass is 9.84. The summed E-state index contributed by atoms with van der Waals surface area (Å²) in [4.78, 5) is 0. The molecule has 2 N–H and O–H groups in total. The van der Waals surface area contributed by atoms with Crippen LogP contribution in [0.3, 0.4) is 0 Å². The van der Waals surface area contributed by atoms with Gasteiger partial charge in [0.25, 0.3) is 0 Å². The first kappa shape index (κ1) is 29.1. The van der Waals surface area contributed by atoms with Gasteiger partial charge in [-0.2, -0.15) is 8.78 Å². The van der Waals surface area contributed by atoms with Gasteiger partial charge in [0.2, 0.25) is 0 Å². The van der Waals surface area contributed by atoms with E-state index in [1.54, 1.807) is 36.5 Å². The normalized spacial score (nSPS) is 24.9. The van der Waals surface area contributed by atoms with Crippen LogP contribution in [0.2, 0.25) is 0 Å². The molecule has 6 heteroatoms. The predicted octanol–water partition coefficient (Wildman–Crippen LogP) is 9.09. The minimum absolute atomic E-state index is 0.0133. The molecule has 0 heterocycles. The molecule has 3 rings (SSSR count). The van der Waals surface area contributed by atoms with E-state index in [4.69, 9.17) is 4.74 Å². The molecule has 0 bridgehead atoms. The van der Waals surface area contributed by atoms with Crippen LogP contribution in [0.5, 0.6) is 0 Å². The fourth-order valence-corrected chi connectivity index (χ4v) is 5.60. The second-order valence-electron chi connectivity index (χ2n) is 11.2. The first-order valence-electron chi connectivity index (χ1n) is 12.3. The number of aliphatic hydroxyl groups excluding tert-OH is 2. The van der Waals surface area contributed by atoms with E-state index < -0.39 is 22.4 Å². The third-order valence-corrected chi connectivity index (χ3v) is 7.77. The van der Waals surface area contributed by atoms with E-state index in [1.807, 2.05) is 46.8 Å². The van der Waals surface area contributed by atoms with E-state index in [2.05, 4.69) is 4.51 Å². The average Bonchev–Trinajstić information content (AvgIpc) is 3.08. The molecule has 1 atom stereocenters. The summed E-state index contributed by atoms with van der Waals surface area (Å²) >= 11 is -0.101. The van der Waals surface area contributed by atoms with Crippen molar-refractivity contribution in [1.82, 2.24) is 0 Å². The summed E-state index contributed by atoms with van der Waals surface area (Å²) in [7, 11) is 0. The van der Waals surface area contributed by atoms with Crippen molar-refractivity contribution < 1.29 is 23.7 Å². The first-order valence-corrected chi connectivity index (χ1v) is 15.4. The number of aliphatic hydroxyl groups is 2. The molecule has 200 valence electrons. The van der Waals surface area contributed by atoms with E-state index in [0.29, 0.717) is 6.42 Å². The Morgan fingerprint density at radius 3 is 2.00 bits per heavy atom. The second-order valence-corrected chi connectivity index (χ2v) is 13.4. The molecule has 0 spiro atoms. The zero-order valence-corrected chi connectivity index (χ0v) is 24.4. The maximum atomic E-state index is 15.6. The van der Waals surface area contributed by atoms with Crippen molar-refractivity contribution in [3.05, 3.63) is 107 Å². The van der Waals surface area contributed by atoms with E-state index in [0.717, 1.165) is 22.0 Å². The van der Waals surface area contributed by atoms with Crippen molar-refractivity contribution in [3.8, 4) is 0 Å². The van der Waals surface area contributed by atoms with Gasteiger partial charge in [0.1, 0.15) is 17.3 Å². The molecule has 0 fully saturated rings. The molecule has 0 aromatic carbocycles. The highest BCUT2D eigenvalue weighted by Crippen LogP contribution is 2.40. The van der Waals surface area contributed by atoms with Gasteiger partial charge in [-0.1, -0.05) is 69.5 Å². The molecule has 3 aliphatic carbocycles. The smallest absolute Gasteiger partial charge is 0.426 e. The molecule has 37 heavy (non-hydrogen) atoms. The Kier molecular flexibility index (Phi) is 8.72. The Morgan fingerprint density at radius 1 is 0.784 bits per heavy atom. The van der Waals surface area contributed by atoms with Crippen LogP contribution in [0.1, 0.15) is 47.5 Å². The molecule has 0 aromatic rings. The monoisotopic (exact) mass is 622 g/mol. The fraction of sp³-hybridized carbons (Fsp3) is 0.387. The minimum atomic E-state index is -3.60. The van der Waals surface area contributed by atoms with Gasteiger partial charge in [0.15, 0.2) is 0 Å². The number of ether oxygens (including phenoxy) is 1. The zero-order valence-electron chi connectivity index (χ0n) is 22.2. The van der Waals surface area contributed by atoms with Gasteiger partial charge >= 0.3 is 6.11 Å². The number of alkyl halides is 3. The number of halogens is 3. The van der Waals surface area contributed by atoms with Gasteiger partial charge in [-0.25, -0.2) is 0 Å². The topological polar surface area (TPSA) is 49.7 Å². The quantitative estimate of drug-likeness (QED) is 0.161. The third-order valence-electron chi connectivity index (χ3n) is 6.24. The predicted molar refractivity (Wildman–Crippen MR) is 158 cm³/mol. The van der Waals surface area contributed by atoms with Crippen LogP contribution in [0.25, 0.3) is 0 Å². The number of hydrogen-bond donors (Lipinski definition) is 2. The average molecular weight is 623 g/mol. The molecule has 0 radical (unpaired) electrons. The number of hydrogen-bond acceptors (Lipinski definition) is 3. The van der Waals surface area contributed by atoms with Gasteiger partial charge in [-0.15, -0.1) is 20.7 Å². The van der Waals surface area contributed by atoms with Crippen LogP contribution in [0, 0.1) is 16.2 Å². The van der Waals surface area contributed by atoms with Crippen LogP contribution in [0.15, 0.2) is 107 Å².